The molecule has 1 atom stereocenters. The molecular weight excluding hydrogens is 308 g/mol. The molecule has 21 heavy (non-hydrogen) atoms. The Hall–Kier alpha value is -0.620. The highest BCUT2D eigenvalue weighted by Crippen LogP contribution is 2.25. The van der Waals surface area contributed by atoms with E-state index in [1.807, 2.05) is 6.92 Å². The van der Waals surface area contributed by atoms with Crippen molar-refractivity contribution in [3.63, 3.8) is 0 Å². The summed E-state index contributed by atoms with van der Waals surface area (Å²) in [6.07, 6.45) is 4.14. The summed E-state index contributed by atoms with van der Waals surface area (Å²) in [4.78, 5) is 0.205. The summed E-state index contributed by atoms with van der Waals surface area (Å²) in [5, 5.41) is 3.69. The van der Waals surface area contributed by atoms with E-state index < -0.39 is 10.0 Å². The fourth-order valence-corrected chi connectivity index (χ4v) is 4.75. The zero-order valence-electron chi connectivity index (χ0n) is 12.4. The lowest BCUT2D eigenvalue weighted by Crippen LogP contribution is -2.46. The third-order valence-corrected chi connectivity index (χ3v) is 6.13. The van der Waals surface area contributed by atoms with Crippen molar-refractivity contribution >= 4 is 21.6 Å². The molecular formula is C15H23ClN2O2S. The fraction of sp³-hybridized carbons (Fsp3) is 0.600. The Kier molecular flexibility index (Phi) is 6.05. The highest BCUT2D eigenvalue weighted by Gasteiger charge is 2.28. The first-order valence-corrected chi connectivity index (χ1v) is 9.35. The van der Waals surface area contributed by atoms with E-state index in [1.54, 1.807) is 28.6 Å². The monoisotopic (exact) mass is 330 g/mol. The van der Waals surface area contributed by atoms with Gasteiger partial charge in [0.2, 0.25) is 10.0 Å². The van der Waals surface area contributed by atoms with Gasteiger partial charge >= 0.3 is 0 Å². The van der Waals surface area contributed by atoms with Gasteiger partial charge in [-0.2, -0.15) is 4.31 Å². The van der Waals surface area contributed by atoms with Crippen molar-refractivity contribution in [1.29, 1.82) is 0 Å². The smallest absolute Gasteiger partial charge is 0.244 e. The van der Waals surface area contributed by atoms with Crippen LogP contribution in [0, 0.1) is 0 Å². The Morgan fingerprint density at radius 3 is 2.71 bits per heavy atom. The topological polar surface area (TPSA) is 49.4 Å². The van der Waals surface area contributed by atoms with Crippen LogP contribution in [0.4, 0.5) is 0 Å². The molecule has 2 rings (SSSR count). The van der Waals surface area contributed by atoms with Crippen LogP contribution in [-0.4, -0.2) is 38.4 Å². The average Bonchev–Trinajstić information content (AvgIpc) is 2.48. The number of benzene rings is 1. The van der Waals surface area contributed by atoms with Crippen molar-refractivity contribution in [3.8, 4) is 0 Å². The Balaban J connectivity index is 2.21. The molecule has 1 fully saturated rings. The first-order chi connectivity index (χ1) is 10.1. The summed E-state index contributed by atoms with van der Waals surface area (Å²) in [5.41, 5.74) is 0. The third kappa shape index (κ3) is 4.19. The van der Waals surface area contributed by atoms with Crippen LogP contribution < -0.4 is 5.32 Å². The molecule has 1 heterocycles. The van der Waals surface area contributed by atoms with Crippen molar-refractivity contribution in [2.24, 2.45) is 0 Å². The first kappa shape index (κ1) is 16.7. The minimum Gasteiger partial charge on any atom is -0.313 e. The van der Waals surface area contributed by atoms with E-state index in [0.29, 0.717) is 13.1 Å². The van der Waals surface area contributed by atoms with Crippen molar-refractivity contribution in [3.05, 3.63) is 29.3 Å². The van der Waals surface area contributed by atoms with Crippen LogP contribution in [0.3, 0.4) is 0 Å². The van der Waals surface area contributed by atoms with Gasteiger partial charge in [0.15, 0.2) is 0 Å². The number of sulfonamides is 1. The van der Waals surface area contributed by atoms with Crippen LogP contribution in [0.2, 0.25) is 5.02 Å². The second kappa shape index (κ2) is 7.58. The van der Waals surface area contributed by atoms with Gasteiger partial charge in [0.25, 0.3) is 0 Å². The fourth-order valence-electron chi connectivity index (χ4n) is 2.68. The SMILES string of the molecule is CCCN(CC1CCCCN1)S(=O)(=O)c1ccccc1Cl. The number of piperidine rings is 1. The van der Waals surface area contributed by atoms with Crippen LogP contribution in [-0.2, 0) is 10.0 Å². The molecule has 1 aromatic rings. The van der Waals surface area contributed by atoms with Gasteiger partial charge < -0.3 is 5.32 Å². The number of halogens is 1. The molecule has 0 radical (unpaired) electrons. The lowest BCUT2D eigenvalue weighted by atomic mass is 10.1. The second-order valence-corrected chi connectivity index (χ2v) is 7.75. The summed E-state index contributed by atoms with van der Waals surface area (Å²) in [5.74, 6) is 0. The Bertz CT molecular complexity index is 557. The van der Waals surface area contributed by atoms with Gasteiger partial charge in [0.05, 0.1) is 5.02 Å². The summed E-state index contributed by atoms with van der Waals surface area (Å²) in [6, 6.07) is 6.89. The number of nitrogens with one attached hydrogen (secondary N) is 1. The third-order valence-electron chi connectivity index (χ3n) is 3.76. The highest BCUT2D eigenvalue weighted by atomic mass is 35.5. The molecule has 0 aliphatic carbocycles. The van der Waals surface area contributed by atoms with Crippen molar-refractivity contribution in [1.82, 2.24) is 9.62 Å². The van der Waals surface area contributed by atoms with Crippen LogP contribution >= 0.6 is 11.6 Å². The quantitative estimate of drug-likeness (QED) is 0.872. The molecule has 1 aliphatic rings. The number of nitrogens with zero attached hydrogens (tertiary/aromatic N) is 1. The summed E-state index contributed by atoms with van der Waals surface area (Å²) < 4.78 is 27.2. The van der Waals surface area contributed by atoms with E-state index in [1.165, 1.54) is 6.42 Å². The lowest BCUT2D eigenvalue weighted by Gasteiger charge is -2.30. The Morgan fingerprint density at radius 2 is 2.10 bits per heavy atom. The zero-order valence-corrected chi connectivity index (χ0v) is 14.0. The highest BCUT2D eigenvalue weighted by molar-refractivity contribution is 7.89. The Labute approximate surface area is 132 Å². The minimum absolute atomic E-state index is 0.205. The minimum atomic E-state index is -3.53. The van der Waals surface area contributed by atoms with Crippen LogP contribution in [0.15, 0.2) is 29.2 Å². The average molecular weight is 331 g/mol. The van der Waals surface area contributed by atoms with Crippen molar-refractivity contribution in [2.75, 3.05) is 19.6 Å². The molecule has 0 aromatic heterocycles. The van der Waals surface area contributed by atoms with Crippen LogP contribution in [0.5, 0.6) is 0 Å². The summed E-state index contributed by atoms with van der Waals surface area (Å²) in [6.45, 7) is 3.99. The van der Waals surface area contributed by atoms with E-state index in [0.717, 1.165) is 25.8 Å². The number of rotatable bonds is 6. The standard InChI is InChI=1S/C15H23ClN2O2S/c1-2-11-18(12-13-7-5-6-10-17-13)21(19,20)15-9-4-3-8-14(15)16/h3-4,8-9,13,17H,2,5-7,10-12H2,1H3. The molecule has 1 N–H and O–H groups in total. The van der Waals surface area contributed by atoms with Gasteiger partial charge in [-0.3, -0.25) is 0 Å². The predicted octanol–water partition coefficient (Wildman–Crippen LogP) is 2.88. The molecule has 0 saturated carbocycles. The molecule has 1 aliphatic heterocycles. The van der Waals surface area contributed by atoms with Gasteiger partial charge in [-0.1, -0.05) is 37.1 Å². The maximum atomic E-state index is 12.8. The van der Waals surface area contributed by atoms with E-state index in [2.05, 4.69) is 5.32 Å². The van der Waals surface area contributed by atoms with Crippen molar-refractivity contribution in [2.45, 2.75) is 43.5 Å². The van der Waals surface area contributed by atoms with E-state index >= 15 is 0 Å². The van der Waals surface area contributed by atoms with Crippen molar-refractivity contribution < 1.29 is 8.42 Å². The van der Waals surface area contributed by atoms with Gasteiger partial charge in [0.1, 0.15) is 4.90 Å². The second-order valence-electron chi connectivity index (χ2n) is 5.44. The van der Waals surface area contributed by atoms with Crippen LogP contribution in [0.25, 0.3) is 0 Å². The molecule has 1 aromatic carbocycles. The lowest BCUT2D eigenvalue weighted by molar-refractivity contribution is 0.312. The molecule has 0 amide bonds. The van der Waals surface area contributed by atoms with Gasteiger partial charge in [0, 0.05) is 19.1 Å². The number of hydrogen-bond acceptors (Lipinski definition) is 3. The molecule has 1 saturated heterocycles. The summed E-state index contributed by atoms with van der Waals surface area (Å²) >= 11 is 6.07. The largest absolute Gasteiger partial charge is 0.313 e. The molecule has 1 unspecified atom stereocenters. The van der Waals surface area contributed by atoms with Gasteiger partial charge in [-0.15, -0.1) is 0 Å². The van der Waals surface area contributed by atoms with Crippen LogP contribution in [0.1, 0.15) is 32.6 Å². The van der Waals surface area contributed by atoms with E-state index in [9.17, 15) is 8.42 Å². The zero-order chi connectivity index (χ0) is 15.3. The van der Waals surface area contributed by atoms with Gasteiger partial charge in [-0.05, 0) is 37.9 Å². The summed E-state index contributed by atoms with van der Waals surface area (Å²) in [7, 11) is -3.53. The normalized spacial score (nSPS) is 19.9. The number of hydrogen-bond donors (Lipinski definition) is 1. The van der Waals surface area contributed by atoms with Gasteiger partial charge in [-0.25, -0.2) is 8.42 Å². The maximum Gasteiger partial charge on any atom is 0.244 e. The Morgan fingerprint density at radius 1 is 1.33 bits per heavy atom. The molecule has 6 heteroatoms. The molecule has 118 valence electrons. The van der Waals surface area contributed by atoms with E-state index in [4.69, 9.17) is 11.6 Å². The maximum absolute atomic E-state index is 12.8. The molecule has 0 spiro atoms. The molecule has 4 nitrogen and oxygen atoms in total. The van der Waals surface area contributed by atoms with E-state index in [-0.39, 0.29) is 16.0 Å². The first-order valence-electron chi connectivity index (χ1n) is 7.53. The predicted molar refractivity (Wildman–Crippen MR) is 86.1 cm³/mol. The molecule has 0 bridgehead atoms.